The lowest BCUT2D eigenvalue weighted by Gasteiger charge is -2.27. The molecule has 110 valence electrons. The number of anilines is 1. The molecule has 0 fully saturated rings. The minimum atomic E-state index is -3.24. The minimum absolute atomic E-state index is 0.0578. The van der Waals surface area contributed by atoms with E-state index in [0.29, 0.717) is 22.6 Å². The van der Waals surface area contributed by atoms with Crippen LogP contribution < -0.4 is 5.32 Å². The van der Waals surface area contributed by atoms with Gasteiger partial charge in [-0.3, -0.25) is 0 Å². The van der Waals surface area contributed by atoms with Gasteiger partial charge in [-0.05, 0) is 30.2 Å². The summed E-state index contributed by atoms with van der Waals surface area (Å²) in [5.41, 5.74) is 1.20. The van der Waals surface area contributed by atoms with Crippen molar-refractivity contribution in [1.29, 1.82) is 0 Å². The van der Waals surface area contributed by atoms with E-state index in [9.17, 15) is 17.9 Å². The van der Waals surface area contributed by atoms with Crippen LogP contribution in [0.25, 0.3) is 0 Å². The number of phenolic OH excluding ortho intramolecular Hbond substituents is 1. The second-order valence-electron chi connectivity index (χ2n) is 5.01. The van der Waals surface area contributed by atoms with Gasteiger partial charge in [0.2, 0.25) is 0 Å². The normalized spacial score (nSPS) is 19.8. The average molecular weight is 307 g/mol. The molecular formula is C15H14FNO3S. The molecule has 1 atom stereocenters. The molecule has 0 saturated heterocycles. The molecule has 0 aromatic heterocycles. The summed E-state index contributed by atoms with van der Waals surface area (Å²) in [6.45, 7) is 0. The van der Waals surface area contributed by atoms with Gasteiger partial charge in [0.1, 0.15) is 0 Å². The topological polar surface area (TPSA) is 66.4 Å². The van der Waals surface area contributed by atoms with Crippen LogP contribution in [0.5, 0.6) is 5.75 Å². The second kappa shape index (κ2) is 5.04. The predicted octanol–water partition coefficient (Wildman–Crippen LogP) is 2.86. The van der Waals surface area contributed by atoms with Crippen molar-refractivity contribution in [3.63, 3.8) is 0 Å². The molecule has 0 amide bonds. The molecule has 1 unspecified atom stereocenters. The number of hydrogen-bond acceptors (Lipinski definition) is 4. The highest BCUT2D eigenvalue weighted by Crippen LogP contribution is 2.34. The van der Waals surface area contributed by atoms with Gasteiger partial charge in [-0.15, -0.1) is 0 Å². The van der Waals surface area contributed by atoms with Gasteiger partial charge in [0, 0.05) is 11.8 Å². The monoisotopic (exact) mass is 307 g/mol. The highest BCUT2D eigenvalue weighted by atomic mass is 32.2. The first kappa shape index (κ1) is 13.9. The number of fused-ring (bicyclic) bond motifs is 1. The average Bonchev–Trinajstić information content (AvgIpc) is 2.46. The molecule has 2 N–H and O–H groups in total. The number of nitrogens with one attached hydrogen (secondary N) is 1. The van der Waals surface area contributed by atoms with Crippen LogP contribution in [0.3, 0.4) is 0 Å². The van der Waals surface area contributed by atoms with Gasteiger partial charge in [-0.2, -0.15) is 0 Å². The number of halogens is 1. The Bertz CT molecular complexity index is 789. The fourth-order valence-electron chi connectivity index (χ4n) is 2.54. The maximum Gasteiger partial charge on any atom is 0.178 e. The number of phenols is 1. The Labute approximate surface area is 122 Å². The molecular weight excluding hydrogens is 293 g/mol. The Balaban J connectivity index is 1.95. The van der Waals surface area contributed by atoms with E-state index in [1.807, 2.05) is 0 Å². The van der Waals surface area contributed by atoms with Crippen LogP contribution >= 0.6 is 0 Å². The van der Waals surface area contributed by atoms with Crippen LogP contribution in [0.1, 0.15) is 18.0 Å². The molecule has 0 bridgehead atoms. The summed E-state index contributed by atoms with van der Waals surface area (Å²) in [4.78, 5) is 0.327. The van der Waals surface area contributed by atoms with Crippen LogP contribution in [0.15, 0.2) is 47.4 Å². The van der Waals surface area contributed by atoms with Gasteiger partial charge < -0.3 is 10.4 Å². The Hall–Kier alpha value is -2.08. The molecule has 0 saturated carbocycles. The Morgan fingerprint density at radius 3 is 2.71 bits per heavy atom. The molecule has 0 radical (unpaired) electrons. The lowest BCUT2D eigenvalue weighted by atomic mass is 10.0. The molecule has 1 aliphatic rings. The maximum absolute atomic E-state index is 13.4. The third-order valence-electron chi connectivity index (χ3n) is 3.59. The molecule has 2 aromatic carbocycles. The first-order valence-electron chi connectivity index (χ1n) is 6.54. The summed E-state index contributed by atoms with van der Waals surface area (Å²) >= 11 is 0. The molecule has 4 nitrogen and oxygen atoms in total. The van der Waals surface area contributed by atoms with E-state index in [2.05, 4.69) is 5.32 Å². The minimum Gasteiger partial charge on any atom is -0.505 e. The number of rotatable bonds is 2. The summed E-state index contributed by atoms with van der Waals surface area (Å²) in [6.07, 6.45) is 0.418. The van der Waals surface area contributed by atoms with Crippen molar-refractivity contribution in [3.8, 4) is 5.75 Å². The van der Waals surface area contributed by atoms with Crippen molar-refractivity contribution in [2.45, 2.75) is 17.4 Å². The lowest BCUT2D eigenvalue weighted by Crippen LogP contribution is -2.24. The zero-order valence-electron chi connectivity index (χ0n) is 11.1. The fourth-order valence-corrected chi connectivity index (χ4v) is 4.16. The van der Waals surface area contributed by atoms with E-state index in [1.54, 1.807) is 30.3 Å². The van der Waals surface area contributed by atoms with E-state index in [0.717, 1.165) is 0 Å². The van der Waals surface area contributed by atoms with Crippen molar-refractivity contribution >= 4 is 15.5 Å². The van der Waals surface area contributed by atoms with E-state index in [-0.39, 0.29) is 11.8 Å². The largest absolute Gasteiger partial charge is 0.505 e. The van der Waals surface area contributed by atoms with Gasteiger partial charge >= 0.3 is 0 Å². The SMILES string of the molecule is O=S1(=O)CCC(Nc2ccc(O)c(F)c2)c2ccccc21. The number of aromatic hydroxyl groups is 1. The summed E-state index contributed by atoms with van der Waals surface area (Å²) in [7, 11) is -3.24. The predicted molar refractivity (Wildman–Crippen MR) is 77.5 cm³/mol. The molecule has 3 rings (SSSR count). The van der Waals surface area contributed by atoms with Crippen molar-refractivity contribution in [3.05, 3.63) is 53.8 Å². The number of sulfone groups is 1. The van der Waals surface area contributed by atoms with Crippen molar-refractivity contribution in [2.24, 2.45) is 0 Å². The Morgan fingerprint density at radius 2 is 1.95 bits per heavy atom. The second-order valence-corrected chi connectivity index (χ2v) is 7.09. The zero-order chi connectivity index (χ0) is 15.0. The van der Waals surface area contributed by atoms with Crippen LogP contribution in [0.4, 0.5) is 10.1 Å². The van der Waals surface area contributed by atoms with Crippen LogP contribution in [-0.2, 0) is 9.84 Å². The summed E-state index contributed by atoms with van der Waals surface area (Å²) < 4.78 is 37.5. The highest BCUT2D eigenvalue weighted by Gasteiger charge is 2.29. The Kier molecular flexibility index (Phi) is 3.33. The number of benzene rings is 2. The van der Waals surface area contributed by atoms with Gasteiger partial charge in [-0.1, -0.05) is 18.2 Å². The van der Waals surface area contributed by atoms with E-state index in [1.165, 1.54) is 12.1 Å². The van der Waals surface area contributed by atoms with Gasteiger partial charge in [0.05, 0.1) is 16.7 Å². The van der Waals surface area contributed by atoms with E-state index in [4.69, 9.17) is 0 Å². The van der Waals surface area contributed by atoms with Crippen LogP contribution in [0.2, 0.25) is 0 Å². The van der Waals surface area contributed by atoms with Gasteiger partial charge in [0.15, 0.2) is 21.4 Å². The van der Waals surface area contributed by atoms with Crippen LogP contribution in [-0.4, -0.2) is 19.3 Å². The smallest absolute Gasteiger partial charge is 0.178 e. The van der Waals surface area contributed by atoms with E-state index < -0.39 is 21.4 Å². The molecule has 21 heavy (non-hydrogen) atoms. The van der Waals surface area contributed by atoms with Gasteiger partial charge in [-0.25, -0.2) is 12.8 Å². The molecule has 1 aliphatic heterocycles. The quantitative estimate of drug-likeness (QED) is 0.837. The Morgan fingerprint density at radius 1 is 1.19 bits per heavy atom. The fraction of sp³-hybridized carbons (Fsp3) is 0.200. The molecule has 0 aliphatic carbocycles. The first-order chi connectivity index (χ1) is 9.97. The molecule has 6 heteroatoms. The van der Waals surface area contributed by atoms with Crippen molar-refractivity contribution < 1.29 is 17.9 Å². The van der Waals surface area contributed by atoms with Crippen molar-refractivity contribution in [1.82, 2.24) is 0 Å². The summed E-state index contributed by atoms with van der Waals surface area (Å²) in [5.74, 6) is -1.06. The highest BCUT2D eigenvalue weighted by molar-refractivity contribution is 7.91. The first-order valence-corrected chi connectivity index (χ1v) is 8.19. The summed E-state index contributed by atoms with van der Waals surface area (Å²) in [5, 5.41) is 12.3. The third kappa shape index (κ3) is 2.58. The van der Waals surface area contributed by atoms with Crippen molar-refractivity contribution in [2.75, 3.05) is 11.1 Å². The number of hydrogen-bond donors (Lipinski definition) is 2. The standard InChI is InChI=1S/C15H14FNO3S/c16-12-9-10(5-6-14(12)18)17-13-7-8-21(19,20)15-4-2-1-3-11(13)15/h1-6,9,13,17-18H,7-8H2. The summed E-state index contributed by atoms with van der Waals surface area (Å²) in [6, 6.07) is 10.7. The third-order valence-corrected chi connectivity index (χ3v) is 5.41. The van der Waals surface area contributed by atoms with Crippen LogP contribution in [0, 0.1) is 5.82 Å². The zero-order valence-corrected chi connectivity index (χ0v) is 11.9. The maximum atomic E-state index is 13.4. The molecule has 2 aromatic rings. The molecule has 0 spiro atoms. The lowest BCUT2D eigenvalue weighted by molar-refractivity contribution is 0.432. The molecule has 1 heterocycles. The van der Waals surface area contributed by atoms with E-state index >= 15 is 0 Å². The van der Waals surface area contributed by atoms with Gasteiger partial charge in [0.25, 0.3) is 0 Å².